The molecule has 1 aromatic heterocycles. The molecule has 1 aromatic carbocycles. The summed E-state index contributed by atoms with van der Waals surface area (Å²) in [6.07, 6.45) is 4.82. The number of piperidine rings is 2. The molecular formula is C19H23N3OS. The van der Waals surface area contributed by atoms with Gasteiger partial charge in [-0.05, 0) is 44.2 Å². The van der Waals surface area contributed by atoms with E-state index in [0.29, 0.717) is 5.69 Å². The number of hydrogen-bond donors (Lipinski definition) is 1. The summed E-state index contributed by atoms with van der Waals surface area (Å²) in [6, 6.07) is 10.4. The maximum Gasteiger partial charge on any atom is 0.271 e. The second-order valence-corrected chi connectivity index (χ2v) is 7.84. The van der Waals surface area contributed by atoms with Crippen LogP contribution in [0.15, 0.2) is 41.2 Å². The largest absolute Gasteiger partial charge is 0.342 e. The van der Waals surface area contributed by atoms with Crippen LogP contribution in [0.2, 0.25) is 0 Å². The second-order valence-electron chi connectivity index (χ2n) is 7.12. The summed E-state index contributed by atoms with van der Waals surface area (Å²) in [4.78, 5) is 19.4. The summed E-state index contributed by atoms with van der Waals surface area (Å²) in [7, 11) is 2.22. The zero-order chi connectivity index (χ0) is 16.6. The summed E-state index contributed by atoms with van der Waals surface area (Å²) in [6.45, 7) is 1.13. The number of benzene rings is 1. The molecule has 5 rings (SSSR count). The van der Waals surface area contributed by atoms with E-state index in [2.05, 4.69) is 46.5 Å². The standard InChI is InChI=1S/C19H23N3OS/c1-22-11-14-7-9-19(22,10-8-14)17(15-5-3-2-4-6-15)21-18(23)16-12-24-13-20-16/h2-6,12-14,17H,7-11H2,1H3,(H,21,23). The minimum atomic E-state index is -0.0689. The highest BCUT2D eigenvalue weighted by Crippen LogP contribution is 2.48. The lowest BCUT2D eigenvalue weighted by atomic mass is 9.66. The van der Waals surface area contributed by atoms with Gasteiger partial charge in [0.15, 0.2) is 0 Å². The van der Waals surface area contributed by atoms with Crippen LogP contribution in [0.1, 0.15) is 47.8 Å². The first-order chi connectivity index (χ1) is 11.7. The van der Waals surface area contributed by atoms with E-state index < -0.39 is 0 Å². The van der Waals surface area contributed by atoms with Crippen LogP contribution in [-0.4, -0.2) is 34.9 Å². The van der Waals surface area contributed by atoms with Crippen LogP contribution in [0, 0.1) is 5.92 Å². The van der Waals surface area contributed by atoms with Gasteiger partial charge in [-0.2, -0.15) is 0 Å². The fraction of sp³-hybridized carbons (Fsp3) is 0.474. The lowest BCUT2D eigenvalue weighted by Gasteiger charge is -2.57. The maximum atomic E-state index is 12.7. The zero-order valence-corrected chi connectivity index (χ0v) is 14.8. The van der Waals surface area contributed by atoms with Crippen LogP contribution in [0.4, 0.5) is 0 Å². The fourth-order valence-electron chi connectivity index (χ4n) is 4.52. The SMILES string of the molecule is CN1CC2CCC1(C(NC(=O)c1cscn1)c1ccccc1)CC2. The maximum absolute atomic E-state index is 12.7. The van der Waals surface area contributed by atoms with E-state index in [4.69, 9.17) is 0 Å². The number of nitrogens with zero attached hydrogens (tertiary/aromatic N) is 2. The first-order valence-electron chi connectivity index (χ1n) is 8.64. The van der Waals surface area contributed by atoms with Crippen molar-refractivity contribution >= 4 is 17.2 Å². The molecule has 1 saturated carbocycles. The predicted octanol–water partition coefficient (Wildman–Crippen LogP) is 3.49. The van der Waals surface area contributed by atoms with Crippen molar-refractivity contribution in [3.8, 4) is 0 Å². The second kappa shape index (κ2) is 6.30. The molecule has 2 aromatic rings. The number of carbonyl (C=O) groups is 1. The van der Waals surface area contributed by atoms with E-state index in [1.54, 1.807) is 5.51 Å². The van der Waals surface area contributed by atoms with Crippen molar-refractivity contribution in [2.45, 2.75) is 37.3 Å². The number of hydrogen-bond acceptors (Lipinski definition) is 4. The smallest absolute Gasteiger partial charge is 0.271 e. The Morgan fingerprint density at radius 2 is 2.08 bits per heavy atom. The third-order valence-electron chi connectivity index (χ3n) is 5.87. The molecule has 24 heavy (non-hydrogen) atoms. The number of thiazole rings is 1. The van der Waals surface area contributed by atoms with Gasteiger partial charge in [0, 0.05) is 17.5 Å². The quantitative estimate of drug-likeness (QED) is 0.926. The van der Waals surface area contributed by atoms with Gasteiger partial charge < -0.3 is 5.32 Å². The van der Waals surface area contributed by atoms with Crippen molar-refractivity contribution in [1.82, 2.24) is 15.2 Å². The number of amides is 1. The Morgan fingerprint density at radius 3 is 2.71 bits per heavy atom. The van der Waals surface area contributed by atoms with Gasteiger partial charge in [-0.3, -0.25) is 9.69 Å². The molecule has 2 aliphatic heterocycles. The van der Waals surface area contributed by atoms with Crippen molar-refractivity contribution in [3.05, 3.63) is 52.5 Å². The van der Waals surface area contributed by atoms with Crippen molar-refractivity contribution in [3.63, 3.8) is 0 Å². The number of likely N-dealkylation sites (N-methyl/N-ethyl adjacent to an activating group) is 1. The summed E-state index contributed by atoms with van der Waals surface area (Å²) in [5, 5.41) is 5.13. The molecule has 1 aliphatic carbocycles. The summed E-state index contributed by atoms with van der Waals surface area (Å²) in [5.41, 5.74) is 3.43. The molecule has 1 N–H and O–H groups in total. The van der Waals surface area contributed by atoms with Gasteiger partial charge in [-0.1, -0.05) is 30.3 Å². The molecule has 3 heterocycles. The Morgan fingerprint density at radius 1 is 1.33 bits per heavy atom. The molecule has 0 spiro atoms. The van der Waals surface area contributed by atoms with E-state index >= 15 is 0 Å². The highest BCUT2D eigenvalue weighted by Gasteiger charge is 2.50. The number of rotatable bonds is 4. The molecule has 2 saturated heterocycles. The molecule has 0 radical (unpaired) electrons. The summed E-state index contributed by atoms with van der Waals surface area (Å²) >= 11 is 1.46. The molecule has 5 heteroatoms. The van der Waals surface area contributed by atoms with Crippen LogP contribution in [0.5, 0.6) is 0 Å². The first kappa shape index (κ1) is 15.8. The summed E-state index contributed by atoms with van der Waals surface area (Å²) in [5.74, 6) is 0.753. The van der Waals surface area contributed by atoms with Crippen LogP contribution in [-0.2, 0) is 0 Å². The highest BCUT2D eigenvalue weighted by atomic mass is 32.1. The first-order valence-corrected chi connectivity index (χ1v) is 9.58. The highest BCUT2D eigenvalue weighted by molar-refractivity contribution is 7.07. The molecule has 1 atom stereocenters. The average Bonchev–Trinajstić information content (AvgIpc) is 3.16. The zero-order valence-electron chi connectivity index (χ0n) is 13.9. The van der Waals surface area contributed by atoms with Gasteiger partial charge in [-0.25, -0.2) is 4.98 Å². The van der Waals surface area contributed by atoms with Gasteiger partial charge in [0.05, 0.1) is 11.6 Å². The van der Waals surface area contributed by atoms with Crippen LogP contribution in [0.25, 0.3) is 0 Å². The normalized spacial score (nSPS) is 27.8. The van der Waals surface area contributed by atoms with E-state index in [1.165, 1.54) is 29.7 Å². The lowest BCUT2D eigenvalue weighted by Crippen LogP contribution is -2.62. The minimum Gasteiger partial charge on any atom is -0.342 e. The van der Waals surface area contributed by atoms with Gasteiger partial charge in [-0.15, -0.1) is 11.3 Å². The van der Waals surface area contributed by atoms with Crippen molar-refractivity contribution in [2.75, 3.05) is 13.6 Å². The van der Waals surface area contributed by atoms with Crippen molar-refractivity contribution < 1.29 is 4.79 Å². The van der Waals surface area contributed by atoms with Crippen LogP contribution in [0.3, 0.4) is 0 Å². The molecule has 2 bridgehead atoms. The third kappa shape index (κ3) is 2.66. The third-order valence-corrected chi connectivity index (χ3v) is 6.46. The van der Waals surface area contributed by atoms with Crippen LogP contribution < -0.4 is 5.32 Å². The molecule has 1 amide bonds. The topological polar surface area (TPSA) is 45.2 Å². The Kier molecular flexibility index (Phi) is 4.14. The van der Waals surface area contributed by atoms with E-state index in [-0.39, 0.29) is 17.5 Å². The molecule has 1 unspecified atom stereocenters. The van der Waals surface area contributed by atoms with Crippen molar-refractivity contribution in [1.29, 1.82) is 0 Å². The predicted molar refractivity (Wildman–Crippen MR) is 96.1 cm³/mol. The van der Waals surface area contributed by atoms with Gasteiger partial charge >= 0.3 is 0 Å². The number of carbonyl (C=O) groups excluding carboxylic acids is 1. The van der Waals surface area contributed by atoms with Crippen molar-refractivity contribution in [2.24, 2.45) is 5.92 Å². The van der Waals surface area contributed by atoms with Gasteiger partial charge in [0.25, 0.3) is 5.91 Å². The average molecular weight is 341 g/mol. The van der Waals surface area contributed by atoms with Gasteiger partial charge in [0.1, 0.15) is 5.69 Å². The molecule has 4 nitrogen and oxygen atoms in total. The van der Waals surface area contributed by atoms with E-state index in [1.807, 2.05) is 11.4 Å². The molecular weight excluding hydrogens is 318 g/mol. The minimum absolute atomic E-state index is 0.000787. The Balaban J connectivity index is 1.69. The number of fused-ring (bicyclic) bond motifs is 3. The Bertz CT molecular complexity index is 693. The van der Waals surface area contributed by atoms with E-state index in [0.717, 1.165) is 25.3 Å². The monoisotopic (exact) mass is 341 g/mol. The Hall–Kier alpha value is -1.72. The number of aromatic nitrogens is 1. The molecule has 3 fully saturated rings. The fourth-order valence-corrected chi connectivity index (χ4v) is 5.06. The lowest BCUT2D eigenvalue weighted by molar-refractivity contribution is -0.0404. The Labute approximate surface area is 146 Å². The van der Waals surface area contributed by atoms with E-state index in [9.17, 15) is 4.79 Å². The van der Waals surface area contributed by atoms with Gasteiger partial charge in [0.2, 0.25) is 0 Å². The molecule has 126 valence electrons. The van der Waals surface area contributed by atoms with Crippen LogP contribution >= 0.6 is 11.3 Å². The summed E-state index contributed by atoms with van der Waals surface area (Å²) < 4.78 is 0. The molecule has 3 aliphatic rings. The number of nitrogens with one attached hydrogen (secondary N) is 1.